The summed E-state index contributed by atoms with van der Waals surface area (Å²) in [6, 6.07) is 0. The third kappa shape index (κ3) is 4.62. The van der Waals surface area contributed by atoms with Gasteiger partial charge in [-0.15, -0.1) is 0 Å². The van der Waals surface area contributed by atoms with Gasteiger partial charge in [0, 0.05) is 0 Å². The van der Waals surface area contributed by atoms with Crippen molar-refractivity contribution in [2.24, 2.45) is 0 Å². The van der Waals surface area contributed by atoms with Crippen LogP contribution < -0.4 is 0 Å². The number of rotatable bonds is 1. The van der Waals surface area contributed by atoms with E-state index in [0.717, 1.165) is 0 Å². The van der Waals surface area contributed by atoms with Crippen molar-refractivity contribution in [2.75, 3.05) is 0 Å². The van der Waals surface area contributed by atoms with Crippen molar-refractivity contribution in [2.45, 2.75) is 17.7 Å². The van der Waals surface area contributed by atoms with Crippen molar-refractivity contribution < 1.29 is 3.02 Å². The molecule has 1 nitrogen and oxygen atoms in total. The van der Waals surface area contributed by atoms with E-state index in [4.69, 9.17) is 0 Å². The zero-order valence-electron chi connectivity index (χ0n) is 3.56. The van der Waals surface area contributed by atoms with Gasteiger partial charge in [0.05, 0.1) is 0 Å². The Bertz CT molecular complexity index is 33.9. The molecular weight excluding hydrogens is 174 g/mol. The Hall–Kier alpha value is 0.618. The summed E-state index contributed by atoms with van der Waals surface area (Å²) < 4.78 is 10.3. The van der Waals surface area contributed by atoms with Gasteiger partial charge < -0.3 is 0 Å². The number of hydrogen-bond acceptors (Lipinski definition) is 1. The van der Waals surface area contributed by atoms with Crippen molar-refractivity contribution in [3.05, 3.63) is 0 Å². The number of hydrogen-bond donors (Lipinski definition) is 0. The van der Waals surface area contributed by atoms with Gasteiger partial charge in [0.25, 0.3) is 0 Å². The SMILES string of the molecule is C[CH](C)[SbH2]=[O]. The molecule has 0 saturated carbocycles. The van der Waals surface area contributed by atoms with Crippen LogP contribution in [0.15, 0.2) is 0 Å². The fraction of sp³-hybridized carbons (Fsp3) is 1.00. The molecular formula is C3H9OSb. The molecule has 0 unspecified atom stereocenters. The van der Waals surface area contributed by atoms with Crippen molar-refractivity contribution in [1.29, 1.82) is 0 Å². The molecule has 0 radical (unpaired) electrons. The van der Waals surface area contributed by atoms with E-state index in [1.807, 2.05) is 13.8 Å². The van der Waals surface area contributed by atoms with Crippen LogP contribution in [0.1, 0.15) is 13.8 Å². The predicted molar refractivity (Wildman–Crippen MR) is 24.3 cm³/mol. The van der Waals surface area contributed by atoms with Crippen LogP contribution in [0.2, 0.25) is 3.86 Å². The molecule has 32 valence electrons. The van der Waals surface area contributed by atoms with E-state index >= 15 is 0 Å². The van der Waals surface area contributed by atoms with Crippen LogP contribution in [-0.2, 0) is 3.02 Å². The molecule has 0 fully saturated rings. The summed E-state index contributed by atoms with van der Waals surface area (Å²) in [6.45, 7) is 3.99. The summed E-state index contributed by atoms with van der Waals surface area (Å²) in [5.74, 6) is 0. The van der Waals surface area contributed by atoms with E-state index < -0.39 is 21.6 Å². The van der Waals surface area contributed by atoms with Crippen LogP contribution in [0.25, 0.3) is 0 Å². The Kier molecular flexibility index (Phi) is 3.19. The maximum absolute atomic E-state index is 9.82. The fourth-order valence-electron chi connectivity index (χ4n) is 0. The summed E-state index contributed by atoms with van der Waals surface area (Å²) in [6.07, 6.45) is 0. The zero-order valence-corrected chi connectivity index (χ0v) is 6.86. The van der Waals surface area contributed by atoms with Gasteiger partial charge in [0.2, 0.25) is 0 Å². The van der Waals surface area contributed by atoms with Crippen LogP contribution >= 0.6 is 0 Å². The Morgan fingerprint density at radius 3 is 1.80 bits per heavy atom. The summed E-state index contributed by atoms with van der Waals surface area (Å²) in [4.78, 5) is 0. The minimum atomic E-state index is -1.25. The Balaban J connectivity index is 2.83. The first-order valence-electron chi connectivity index (χ1n) is 1.72. The second kappa shape index (κ2) is 2.83. The molecule has 0 atom stereocenters. The molecule has 5 heavy (non-hydrogen) atoms. The zero-order chi connectivity index (χ0) is 4.28. The predicted octanol–water partition coefficient (Wildman–Crippen LogP) is 0.329. The monoisotopic (exact) mass is 182 g/mol. The molecule has 0 amide bonds. The Labute approximate surface area is 42.7 Å². The average molecular weight is 183 g/mol. The molecule has 0 N–H and O–H groups in total. The van der Waals surface area contributed by atoms with Gasteiger partial charge in [-0.3, -0.25) is 0 Å². The van der Waals surface area contributed by atoms with Crippen molar-refractivity contribution in [1.82, 2.24) is 0 Å². The molecule has 0 aliphatic rings. The van der Waals surface area contributed by atoms with Gasteiger partial charge in [-0.25, -0.2) is 0 Å². The fourth-order valence-corrected chi connectivity index (χ4v) is 0. The first-order valence-corrected chi connectivity index (χ1v) is 4.97. The third-order valence-corrected chi connectivity index (χ3v) is 1.83. The average Bonchev–Trinajstić information content (AvgIpc) is 1.38. The quantitative estimate of drug-likeness (QED) is 0.535. The van der Waals surface area contributed by atoms with Crippen molar-refractivity contribution in [3.63, 3.8) is 0 Å². The van der Waals surface area contributed by atoms with Gasteiger partial charge in [0.15, 0.2) is 0 Å². The molecule has 0 aromatic carbocycles. The van der Waals surface area contributed by atoms with Crippen LogP contribution in [-0.4, -0.2) is 21.6 Å². The molecule has 0 aliphatic carbocycles. The van der Waals surface area contributed by atoms with E-state index in [-0.39, 0.29) is 0 Å². The van der Waals surface area contributed by atoms with Crippen molar-refractivity contribution in [3.8, 4) is 0 Å². The first kappa shape index (κ1) is 5.62. The van der Waals surface area contributed by atoms with Gasteiger partial charge in [-0.05, 0) is 0 Å². The summed E-state index contributed by atoms with van der Waals surface area (Å²) in [5, 5.41) is 0. The van der Waals surface area contributed by atoms with Gasteiger partial charge in [-0.2, -0.15) is 0 Å². The summed E-state index contributed by atoms with van der Waals surface area (Å²) in [7, 11) is 0. The summed E-state index contributed by atoms with van der Waals surface area (Å²) in [5.41, 5.74) is 0. The molecule has 0 aromatic rings. The first-order chi connectivity index (χ1) is 2.27. The Morgan fingerprint density at radius 2 is 1.80 bits per heavy atom. The third-order valence-electron chi connectivity index (χ3n) is 0.272. The van der Waals surface area contributed by atoms with E-state index in [2.05, 4.69) is 0 Å². The van der Waals surface area contributed by atoms with Crippen LogP contribution in [0.4, 0.5) is 0 Å². The van der Waals surface area contributed by atoms with Crippen LogP contribution in [0.3, 0.4) is 0 Å². The molecule has 0 spiro atoms. The molecule has 0 rings (SSSR count). The maximum atomic E-state index is 9.82. The molecule has 0 bridgehead atoms. The van der Waals surface area contributed by atoms with E-state index in [0.29, 0.717) is 3.86 Å². The normalized spacial score (nSPS) is 11.8. The Morgan fingerprint density at radius 1 is 1.60 bits per heavy atom. The molecule has 0 heterocycles. The molecule has 2 heteroatoms. The topological polar surface area (TPSA) is 17.1 Å². The van der Waals surface area contributed by atoms with E-state index in [1.54, 1.807) is 0 Å². The van der Waals surface area contributed by atoms with E-state index in [1.165, 1.54) is 0 Å². The molecule has 0 aromatic heterocycles. The standard InChI is InChI=1S/C3H7.O.Sb.2H/c1-3-2;;;;/h3H,1-2H3;;;;. The van der Waals surface area contributed by atoms with Gasteiger partial charge in [0.1, 0.15) is 0 Å². The van der Waals surface area contributed by atoms with E-state index in [9.17, 15) is 3.02 Å². The van der Waals surface area contributed by atoms with Gasteiger partial charge in [-0.1, -0.05) is 0 Å². The molecule has 0 saturated heterocycles. The molecule has 0 aliphatic heterocycles. The second-order valence-corrected chi connectivity index (χ2v) is 5.96. The minimum absolute atomic E-state index is 0.519. The van der Waals surface area contributed by atoms with Gasteiger partial charge >= 0.3 is 42.3 Å². The van der Waals surface area contributed by atoms with Crippen LogP contribution in [0, 0.1) is 0 Å². The van der Waals surface area contributed by atoms with Crippen LogP contribution in [0.5, 0.6) is 0 Å². The van der Waals surface area contributed by atoms with Crippen molar-refractivity contribution >= 4 is 21.6 Å². The second-order valence-electron chi connectivity index (χ2n) is 1.38. The summed E-state index contributed by atoms with van der Waals surface area (Å²) >= 11 is -1.25.